The number of hydrogen-bond donors (Lipinski definition) is 1. The van der Waals surface area contributed by atoms with Crippen molar-refractivity contribution in [2.45, 2.75) is 62.6 Å². The molecule has 19 heavy (non-hydrogen) atoms. The lowest BCUT2D eigenvalue weighted by atomic mass is 9.91. The van der Waals surface area contributed by atoms with E-state index < -0.39 is 0 Å². The molecule has 1 aromatic rings. The second-order valence-electron chi connectivity index (χ2n) is 5.86. The third kappa shape index (κ3) is 4.54. The Labute approximate surface area is 122 Å². The van der Waals surface area contributed by atoms with Crippen LogP contribution < -0.4 is 5.32 Å². The maximum Gasteiger partial charge on any atom is 0.0292 e. The lowest BCUT2D eigenvalue weighted by Crippen LogP contribution is -2.18. The van der Waals surface area contributed by atoms with Crippen LogP contribution in [-0.2, 0) is 0 Å². The molecule has 1 fully saturated rings. The Morgan fingerprint density at radius 1 is 1.37 bits per heavy atom. The summed E-state index contributed by atoms with van der Waals surface area (Å²) in [5.74, 6) is 0.912. The van der Waals surface area contributed by atoms with Crippen LogP contribution in [0.2, 0.25) is 0 Å². The van der Waals surface area contributed by atoms with Gasteiger partial charge in [0.05, 0.1) is 0 Å². The molecule has 1 aliphatic rings. The molecule has 0 saturated heterocycles. The summed E-state index contributed by atoms with van der Waals surface area (Å²) < 4.78 is 0. The zero-order valence-electron chi connectivity index (χ0n) is 12.5. The topological polar surface area (TPSA) is 12.0 Å². The molecule has 106 valence electrons. The number of hydrogen-bond acceptors (Lipinski definition) is 2. The van der Waals surface area contributed by atoms with E-state index in [1.54, 1.807) is 0 Å². The predicted octanol–water partition coefficient (Wildman–Crippen LogP) is 5.03. The number of nitrogens with one attached hydrogen (secondary N) is 1. The molecule has 0 heterocycles. The van der Waals surface area contributed by atoms with Gasteiger partial charge in [-0.2, -0.15) is 0 Å². The van der Waals surface area contributed by atoms with Gasteiger partial charge in [0.25, 0.3) is 0 Å². The van der Waals surface area contributed by atoms with Crippen molar-refractivity contribution in [3.63, 3.8) is 0 Å². The quantitative estimate of drug-likeness (QED) is 0.810. The molecule has 0 radical (unpaired) electrons. The number of thioether (sulfide) groups is 1. The van der Waals surface area contributed by atoms with E-state index in [0.717, 1.165) is 17.7 Å². The molecule has 0 aromatic heterocycles. The van der Waals surface area contributed by atoms with Gasteiger partial charge in [-0.3, -0.25) is 0 Å². The zero-order chi connectivity index (χ0) is 13.7. The standard InChI is InChI=1S/C17H27NS/c1-4-18-14(3)15-8-6-10-17(12-15)19-16-9-5-7-13(2)11-16/h6,8,10,12-14,16,18H,4-5,7,9,11H2,1-3H3. The van der Waals surface area contributed by atoms with Gasteiger partial charge in [-0.1, -0.05) is 38.8 Å². The molecule has 0 bridgehead atoms. The van der Waals surface area contributed by atoms with Crippen molar-refractivity contribution in [2.24, 2.45) is 5.92 Å². The molecule has 2 heteroatoms. The third-order valence-corrected chi connectivity index (χ3v) is 5.35. The van der Waals surface area contributed by atoms with E-state index >= 15 is 0 Å². The van der Waals surface area contributed by atoms with E-state index in [4.69, 9.17) is 0 Å². The number of benzene rings is 1. The molecule has 0 aliphatic heterocycles. The van der Waals surface area contributed by atoms with E-state index in [9.17, 15) is 0 Å². The van der Waals surface area contributed by atoms with Gasteiger partial charge >= 0.3 is 0 Å². The molecule has 1 N–H and O–H groups in total. The first-order valence-corrected chi connectivity index (χ1v) is 8.57. The Bertz CT molecular complexity index is 391. The molecule has 2 rings (SSSR count). The molecule has 1 nitrogen and oxygen atoms in total. The lowest BCUT2D eigenvalue weighted by molar-refractivity contribution is 0.394. The van der Waals surface area contributed by atoms with Gasteiger partial charge in [0.2, 0.25) is 0 Å². The van der Waals surface area contributed by atoms with Gasteiger partial charge in [0, 0.05) is 16.2 Å². The van der Waals surface area contributed by atoms with Gasteiger partial charge in [0.15, 0.2) is 0 Å². The largest absolute Gasteiger partial charge is 0.310 e. The van der Waals surface area contributed by atoms with Crippen LogP contribution in [0.5, 0.6) is 0 Å². The van der Waals surface area contributed by atoms with Crippen molar-refractivity contribution in [1.82, 2.24) is 5.32 Å². The second kappa shape index (κ2) is 7.35. The van der Waals surface area contributed by atoms with Crippen molar-refractivity contribution in [2.75, 3.05) is 6.54 Å². The fraction of sp³-hybridized carbons (Fsp3) is 0.647. The van der Waals surface area contributed by atoms with Crippen LogP contribution in [0.1, 0.15) is 58.1 Å². The molecule has 3 unspecified atom stereocenters. The highest BCUT2D eigenvalue weighted by atomic mass is 32.2. The van der Waals surface area contributed by atoms with Crippen LogP contribution in [0.25, 0.3) is 0 Å². The number of rotatable bonds is 5. The minimum absolute atomic E-state index is 0.454. The van der Waals surface area contributed by atoms with Crippen molar-refractivity contribution in [1.29, 1.82) is 0 Å². The van der Waals surface area contributed by atoms with Crippen molar-refractivity contribution < 1.29 is 0 Å². The van der Waals surface area contributed by atoms with E-state index in [-0.39, 0.29) is 0 Å². The van der Waals surface area contributed by atoms with Gasteiger partial charge in [-0.05, 0) is 49.9 Å². The second-order valence-corrected chi connectivity index (χ2v) is 7.24. The summed E-state index contributed by atoms with van der Waals surface area (Å²) in [6, 6.07) is 9.54. The minimum Gasteiger partial charge on any atom is -0.310 e. The van der Waals surface area contributed by atoms with Gasteiger partial charge < -0.3 is 5.32 Å². The average Bonchev–Trinajstić information content (AvgIpc) is 2.39. The highest BCUT2D eigenvalue weighted by molar-refractivity contribution is 8.00. The molecule has 0 spiro atoms. The van der Waals surface area contributed by atoms with Crippen LogP contribution in [0.4, 0.5) is 0 Å². The van der Waals surface area contributed by atoms with Crippen molar-refractivity contribution >= 4 is 11.8 Å². The first-order valence-electron chi connectivity index (χ1n) is 7.69. The molecule has 1 aromatic carbocycles. The maximum absolute atomic E-state index is 3.49. The summed E-state index contributed by atoms with van der Waals surface area (Å²) in [5, 5.41) is 4.32. The Hall–Kier alpha value is -0.470. The van der Waals surface area contributed by atoms with Gasteiger partial charge in [-0.15, -0.1) is 11.8 Å². The Morgan fingerprint density at radius 2 is 2.21 bits per heavy atom. The molecule has 1 saturated carbocycles. The first kappa shape index (κ1) is 14.9. The molecular formula is C17H27NS. The highest BCUT2D eigenvalue weighted by Gasteiger charge is 2.19. The summed E-state index contributed by atoms with van der Waals surface area (Å²) >= 11 is 2.09. The van der Waals surface area contributed by atoms with Crippen LogP contribution in [0.15, 0.2) is 29.2 Å². The SMILES string of the molecule is CCNC(C)c1cccc(SC2CCCC(C)C2)c1. The Morgan fingerprint density at radius 3 is 2.95 bits per heavy atom. The smallest absolute Gasteiger partial charge is 0.0292 e. The first-order chi connectivity index (χ1) is 9.19. The molecule has 0 amide bonds. The van der Waals surface area contributed by atoms with E-state index in [0.29, 0.717) is 6.04 Å². The fourth-order valence-electron chi connectivity index (χ4n) is 2.96. The van der Waals surface area contributed by atoms with Gasteiger partial charge in [-0.25, -0.2) is 0 Å². The van der Waals surface area contributed by atoms with E-state index in [2.05, 4.69) is 62.1 Å². The summed E-state index contributed by atoms with van der Waals surface area (Å²) in [5.41, 5.74) is 1.41. The summed E-state index contributed by atoms with van der Waals surface area (Å²) in [4.78, 5) is 1.45. The molecular weight excluding hydrogens is 250 g/mol. The summed E-state index contributed by atoms with van der Waals surface area (Å²) in [6.45, 7) is 7.84. The average molecular weight is 277 g/mol. The summed E-state index contributed by atoms with van der Waals surface area (Å²) in [7, 11) is 0. The van der Waals surface area contributed by atoms with Crippen molar-refractivity contribution in [3.05, 3.63) is 29.8 Å². The lowest BCUT2D eigenvalue weighted by Gasteiger charge is -2.26. The zero-order valence-corrected chi connectivity index (χ0v) is 13.3. The Balaban J connectivity index is 1.98. The fourth-order valence-corrected chi connectivity index (χ4v) is 4.41. The predicted molar refractivity (Wildman–Crippen MR) is 85.8 cm³/mol. The van der Waals surface area contributed by atoms with Crippen LogP contribution in [-0.4, -0.2) is 11.8 Å². The van der Waals surface area contributed by atoms with Crippen LogP contribution >= 0.6 is 11.8 Å². The third-order valence-electron chi connectivity index (χ3n) is 4.06. The summed E-state index contributed by atoms with van der Waals surface area (Å²) in [6.07, 6.45) is 5.61. The molecule has 3 atom stereocenters. The van der Waals surface area contributed by atoms with E-state index in [1.807, 2.05) is 0 Å². The van der Waals surface area contributed by atoms with Crippen molar-refractivity contribution in [3.8, 4) is 0 Å². The molecule has 1 aliphatic carbocycles. The normalized spacial score (nSPS) is 25.2. The van der Waals surface area contributed by atoms with Crippen LogP contribution in [0, 0.1) is 5.92 Å². The maximum atomic E-state index is 3.49. The van der Waals surface area contributed by atoms with E-state index in [1.165, 1.54) is 36.1 Å². The van der Waals surface area contributed by atoms with Gasteiger partial charge in [0.1, 0.15) is 0 Å². The highest BCUT2D eigenvalue weighted by Crippen LogP contribution is 2.36. The van der Waals surface area contributed by atoms with Crippen LogP contribution in [0.3, 0.4) is 0 Å². The monoisotopic (exact) mass is 277 g/mol. The Kier molecular flexibility index (Phi) is 5.77. The minimum atomic E-state index is 0.454.